The lowest BCUT2D eigenvalue weighted by Crippen LogP contribution is -2.37. The van der Waals surface area contributed by atoms with Crippen molar-refractivity contribution >= 4 is 17.4 Å². The largest absolute Gasteiger partial charge is 0.473 e. The quantitative estimate of drug-likeness (QED) is 0.531. The fourth-order valence-electron chi connectivity index (χ4n) is 5.39. The van der Waals surface area contributed by atoms with E-state index in [2.05, 4.69) is 16.3 Å². The van der Waals surface area contributed by atoms with Gasteiger partial charge in [-0.05, 0) is 48.6 Å². The zero-order chi connectivity index (χ0) is 27.4. The Bertz CT molecular complexity index is 1150. The van der Waals surface area contributed by atoms with Crippen molar-refractivity contribution in [1.29, 1.82) is 0 Å². The third-order valence-electron chi connectivity index (χ3n) is 7.52. The van der Waals surface area contributed by atoms with Crippen LogP contribution >= 0.6 is 0 Å². The second kappa shape index (κ2) is 12.0. The van der Waals surface area contributed by atoms with Gasteiger partial charge in [-0.25, -0.2) is 9.78 Å². The summed E-state index contributed by atoms with van der Waals surface area (Å²) in [6.07, 6.45) is -1.25. The van der Waals surface area contributed by atoms with Crippen LogP contribution in [0.3, 0.4) is 0 Å². The van der Waals surface area contributed by atoms with E-state index in [0.29, 0.717) is 51.0 Å². The molecule has 3 saturated heterocycles. The first-order valence-corrected chi connectivity index (χ1v) is 13.6. The van der Waals surface area contributed by atoms with E-state index in [9.17, 15) is 18.0 Å². The molecule has 1 atom stereocenters. The molecule has 39 heavy (non-hydrogen) atoms. The molecule has 0 aliphatic carbocycles. The molecule has 1 aromatic heterocycles. The third-order valence-corrected chi connectivity index (χ3v) is 7.52. The lowest BCUT2D eigenvalue weighted by atomic mass is 10.0. The molecule has 2 amide bonds. The van der Waals surface area contributed by atoms with Crippen molar-refractivity contribution < 1.29 is 32.2 Å². The molecule has 4 heterocycles. The predicted molar refractivity (Wildman–Crippen MR) is 141 cm³/mol. The number of amides is 2. The molecule has 212 valence electrons. The molecule has 0 spiro atoms. The van der Waals surface area contributed by atoms with Crippen LogP contribution in [-0.4, -0.2) is 80.8 Å². The molecule has 5 rings (SSSR count). The number of likely N-dealkylation sites (tertiary alicyclic amines) is 1. The lowest BCUT2D eigenvalue weighted by Gasteiger charge is -2.31. The Balaban J connectivity index is 1.34. The number of morpholine rings is 1. The molecule has 0 bridgehead atoms. The summed E-state index contributed by atoms with van der Waals surface area (Å²) in [5.41, 5.74) is 4.28. The maximum atomic E-state index is 12.8. The molecule has 8 nitrogen and oxygen atoms in total. The molecule has 3 aliphatic heterocycles. The normalized spacial score (nSPS) is 20.8. The van der Waals surface area contributed by atoms with Crippen molar-refractivity contribution in [2.75, 3.05) is 62.8 Å². The van der Waals surface area contributed by atoms with E-state index < -0.39 is 18.5 Å². The number of rotatable bonds is 6. The zero-order valence-electron chi connectivity index (χ0n) is 22.1. The van der Waals surface area contributed by atoms with Gasteiger partial charge in [0.2, 0.25) is 5.88 Å². The first-order chi connectivity index (χ1) is 18.7. The predicted octanol–water partition coefficient (Wildman–Crippen LogP) is 5.26. The number of benzene rings is 1. The minimum atomic E-state index is -4.22. The van der Waals surface area contributed by atoms with E-state index in [1.807, 2.05) is 19.1 Å². The number of nitrogens with zero attached hydrogens (tertiary/aromatic N) is 3. The second-order valence-corrected chi connectivity index (χ2v) is 10.5. The van der Waals surface area contributed by atoms with Gasteiger partial charge in [0.05, 0.1) is 26.4 Å². The summed E-state index contributed by atoms with van der Waals surface area (Å²) in [5.74, 6) is 0.0352. The van der Waals surface area contributed by atoms with E-state index in [1.54, 1.807) is 12.3 Å². The molecule has 3 fully saturated rings. The van der Waals surface area contributed by atoms with Gasteiger partial charge in [-0.1, -0.05) is 6.07 Å². The Labute approximate surface area is 226 Å². The topological polar surface area (TPSA) is 76.2 Å². The number of pyridine rings is 1. The Morgan fingerprint density at radius 2 is 1.82 bits per heavy atom. The fraction of sp³-hybridized carbons (Fsp3) is 0.571. The summed E-state index contributed by atoms with van der Waals surface area (Å²) in [6.45, 7) is 6.47. The van der Waals surface area contributed by atoms with Gasteiger partial charge in [0, 0.05) is 62.9 Å². The first-order valence-electron chi connectivity index (χ1n) is 13.6. The molecule has 0 radical (unpaired) electrons. The summed E-state index contributed by atoms with van der Waals surface area (Å²) < 4.78 is 55.6. The summed E-state index contributed by atoms with van der Waals surface area (Å²) in [6, 6.07) is 7.29. The number of ether oxygens (including phenoxy) is 3. The van der Waals surface area contributed by atoms with Crippen molar-refractivity contribution in [3.8, 4) is 17.0 Å². The van der Waals surface area contributed by atoms with Crippen LogP contribution in [0.1, 0.15) is 31.2 Å². The number of anilines is 2. The number of nitrogens with one attached hydrogen (secondary N) is 1. The van der Waals surface area contributed by atoms with Gasteiger partial charge in [-0.15, -0.1) is 0 Å². The van der Waals surface area contributed by atoms with Gasteiger partial charge in [0.15, 0.2) is 0 Å². The van der Waals surface area contributed by atoms with Crippen LogP contribution in [0.4, 0.5) is 29.3 Å². The van der Waals surface area contributed by atoms with Crippen molar-refractivity contribution in [3.63, 3.8) is 0 Å². The number of carbonyl (C=O) groups excluding carboxylic acids is 1. The zero-order valence-corrected chi connectivity index (χ0v) is 22.1. The van der Waals surface area contributed by atoms with E-state index in [0.717, 1.165) is 48.3 Å². The van der Waals surface area contributed by atoms with E-state index in [4.69, 9.17) is 19.2 Å². The number of hydrogen-bond donors (Lipinski definition) is 1. The molecule has 2 aromatic rings. The van der Waals surface area contributed by atoms with Crippen LogP contribution < -0.4 is 15.0 Å². The Morgan fingerprint density at radius 3 is 2.56 bits per heavy atom. The monoisotopic (exact) mass is 548 g/mol. The highest BCUT2D eigenvalue weighted by Crippen LogP contribution is 2.36. The fourth-order valence-corrected chi connectivity index (χ4v) is 5.39. The van der Waals surface area contributed by atoms with Crippen LogP contribution in [0, 0.1) is 12.8 Å². The Kier molecular flexibility index (Phi) is 8.46. The third kappa shape index (κ3) is 7.13. The Morgan fingerprint density at radius 1 is 1.08 bits per heavy atom. The highest BCUT2D eigenvalue weighted by Gasteiger charge is 2.36. The SMILES string of the molecule is Cc1ccc(NC(=O)N2CC[C@@H](CC(F)(F)F)C2)cc1-c1cnc(OC2CCOCC2)c(N2CCOCC2)c1. The van der Waals surface area contributed by atoms with Gasteiger partial charge >= 0.3 is 12.2 Å². The minimum Gasteiger partial charge on any atom is -0.473 e. The number of urea groups is 1. The summed E-state index contributed by atoms with van der Waals surface area (Å²) in [4.78, 5) is 21.2. The molecular weight excluding hydrogens is 513 g/mol. The number of alkyl halides is 3. The van der Waals surface area contributed by atoms with Crippen LogP contribution in [0.5, 0.6) is 5.88 Å². The maximum absolute atomic E-state index is 12.8. The number of aryl methyl sites for hydroxylation is 1. The summed E-state index contributed by atoms with van der Waals surface area (Å²) >= 11 is 0. The van der Waals surface area contributed by atoms with E-state index >= 15 is 0 Å². The number of aromatic nitrogens is 1. The van der Waals surface area contributed by atoms with Gasteiger partial charge in [-0.3, -0.25) is 0 Å². The van der Waals surface area contributed by atoms with Crippen molar-refractivity contribution in [1.82, 2.24) is 9.88 Å². The molecule has 3 aliphatic rings. The first kappa shape index (κ1) is 27.5. The van der Waals surface area contributed by atoms with Crippen molar-refractivity contribution in [2.45, 2.75) is 44.9 Å². The van der Waals surface area contributed by atoms with Gasteiger partial charge in [-0.2, -0.15) is 13.2 Å². The molecule has 0 unspecified atom stereocenters. The Hall–Kier alpha value is -3.05. The maximum Gasteiger partial charge on any atom is 0.389 e. The highest BCUT2D eigenvalue weighted by atomic mass is 19.4. The van der Waals surface area contributed by atoms with Crippen LogP contribution in [0.15, 0.2) is 30.5 Å². The standard InChI is InChI=1S/C28H35F3N4O4/c1-19-2-3-22(33-27(36)35-7-4-20(18-35)16-28(29,30)31)15-24(19)21-14-25(34-8-12-38-13-9-34)26(32-17-21)39-23-5-10-37-11-6-23/h2-3,14-15,17,20,23H,4-13,16,18H2,1H3,(H,33,36)/t20-/m0/s1. The second-order valence-electron chi connectivity index (χ2n) is 10.5. The van der Waals surface area contributed by atoms with Gasteiger partial charge in [0.25, 0.3) is 0 Å². The molecule has 0 saturated carbocycles. The van der Waals surface area contributed by atoms with Crippen LogP contribution in [0.2, 0.25) is 0 Å². The lowest BCUT2D eigenvalue weighted by molar-refractivity contribution is -0.143. The number of halogens is 3. The van der Waals surface area contributed by atoms with Gasteiger partial charge < -0.3 is 29.3 Å². The average molecular weight is 549 g/mol. The summed E-state index contributed by atoms with van der Waals surface area (Å²) in [7, 11) is 0. The van der Waals surface area contributed by atoms with Crippen LogP contribution in [-0.2, 0) is 9.47 Å². The van der Waals surface area contributed by atoms with E-state index in [1.165, 1.54) is 4.90 Å². The van der Waals surface area contributed by atoms with E-state index in [-0.39, 0.29) is 18.7 Å². The summed E-state index contributed by atoms with van der Waals surface area (Å²) in [5, 5.41) is 2.87. The minimum absolute atomic E-state index is 0.0542. The number of carbonyl (C=O) groups is 1. The average Bonchev–Trinajstić information content (AvgIpc) is 3.38. The van der Waals surface area contributed by atoms with Gasteiger partial charge in [0.1, 0.15) is 11.8 Å². The smallest absolute Gasteiger partial charge is 0.389 e. The number of hydrogen-bond acceptors (Lipinski definition) is 6. The highest BCUT2D eigenvalue weighted by molar-refractivity contribution is 5.90. The molecule has 1 N–H and O–H groups in total. The van der Waals surface area contributed by atoms with Crippen molar-refractivity contribution in [3.05, 3.63) is 36.0 Å². The molecule has 1 aromatic carbocycles. The van der Waals surface area contributed by atoms with Crippen LogP contribution in [0.25, 0.3) is 11.1 Å². The van der Waals surface area contributed by atoms with Crippen molar-refractivity contribution in [2.24, 2.45) is 5.92 Å². The molecule has 11 heteroatoms. The molecular formula is C28H35F3N4O4.